The summed E-state index contributed by atoms with van der Waals surface area (Å²) in [7, 11) is 1.53. The van der Waals surface area contributed by atoms with Gasteiger partial charge in [0, 0.05) is 25.3 Å². The Morgan fingerprint density at radius 3 is 2.70 bits per heavy atom. The first-order chi connectivity index (χ1) is 11.1. The van der Waals surface area contributed by atoms with Gasteiger partial charge in [0.1, 0.15) is 11.3 Å². The third-order valence-electron chi connectivity index (χ3n) is 3.95. The zero-order valence-electron chi connectivity index (χ0n) is 12.7. The summed E-state index contributed by atoms with van der Waals surface area (Å²) in [6, 6.07) is 7.53. The summed E-state index contributed by atoms with van der Waals surface area (Å²) in [6.45, 7) is 1.50. The molecule has 1 aliphatic heterocycles. The number of anilines is 1. The Hall–Kier alpha value is -2.67. The van der Waals surface area contributed by atoms with Crippen LogP contribution in [0.4, 0.5) is 5.69 Å². The first kappa shape index (κ1) is 15.2. The van der Waals surface area contributed by atoms with Gasteiger partial charge in [-0.2, -0.15) is 5.10 Å². The van der Waals surface area contributed by atoms with Crippen molar-refractivity contribution >= 4 is 17.6 Å². The summed E-state index contributed by atoms with van der Waals surface area (Å²) < 4.78 is 6.62. The molecule has 2 heterocycles. The van der Waals surface area contributed by atoms with E-state index in [0.29, 0.717) is 11.6 Å². The molecule has 0 radical (unpaired) electrons. The van der Waals surface area contributed by atoms with Gasteiger partial charge in [-0.15, -0.1) is 0 Å². The average Bonchev–Trinajstić information content (AvgIpc) is 3.17. The van der Waals surface area contributed by atoms with Crippen LogP contribution in [0.2, 0.25) is 0 Å². The summed E-state index contributed by atoms with van der Waals surface area (Å²) in [5.74, 6) is -1.28. The molecule has 1 aliphatic rings. The normalized spacial score (nSPS) is 17.2. The lowest BCUT2D eigenvalue weighted by Gasteiger charge is -2.10. The first-order valence-corrected chi connectivity index (χ1v) is 7.30. The topological polar surface area (TPSA) is 93.5 Å². The number of ether oxygens (including phenoxy) is 1. The van der Waals surface area contributed by atoms with Gasteiger partial charge in [0.25, 0.3) is 5.91 Å². The smallest absolute Gasteiger partial charge is 0.339 e. The van der Waals surface area contributed by atoms with E-state index in [1.807, 2.05) is 24.3 Å². The Kier molecular flexibility index (Phi) is 4.12. The molecule has 1 saturated heterocycles. The van der Waals surface area contributed by atoms with E-state index in [1.165, 1.54) is 23.5 Å². The van der Waals surface area contributed by atoms with Crippen LogP contribution in [0.5, 0.6) is 0 Å². The van der Waals surface area contributed by atoms with Gasteiger partial charge >= 0.3 is 5.97 Å². The van der Waals surface area contributed by atoms with E-state index in [9.17, 15) is 9.59 Å². The SMILES string of the molecule is Cn1ncc(C(=O)O)c1C(=O)Nc1ccc(C2CCOC2)cc1. The fourth-order valence-corrected chi connectivity index (χ4v) is 2.69. The third kappa shape index (κ3) is 3.09. The largest absolute Gasteiger partial charge is 0.478 e. The van der Waals surface area contributed by atoms with Crippen molar-refractivity contribution in [1.29, 1.82) is 0 Å². The second kappa shape index (κ2) is 6.21. The Morgan fingerprint density at radius 2 is 2.09 bits per heavy atom. The van der Waals surface area contributed by atoms with E-state index >= 15 is 0 Å². The molecule has 1 aromatic heterocycles. The van der Waals surface area contributed by atoms with Crippen LogP contribution in [0.15, 0.2) is 30.5 Å². The number of carboxylic acids is 1. The molecular weight excluding hydrogens is 298 g/mol. The van der Waals surface area contributed by atoms with Gasteiger partial charge in [0.2, 0.25) is 0 Å². The average molecular weight is 315 g/mol. The van der Waals surface area contributed by atoms with E-state index < -0.39 is 11.9 Å². The lowest BCUT2D eigenvalue weighted by Crippen LogP contribution is -2.19. The van der Waals surface area contributed by atoms with Crippen molar-refractivity contribution in [3.05, 3.63) is 47.3 Å². The Bertz CT molecular complexity index is 730. The van der Waals surface area contributed by atoms with E-state index in [0.717, 1.165) is 19.6 Å². The molecule has 2 aromatic rings. The van der Waals surface area contributed by atoms with E-state index in [2.05, 4.69) is 10.4 Å². The number of aromatic carboxylic acids is 1. The predicted molar refractivity (Wildman–Crippen MR) is 82.7 cm³/mol. The fraction of sp³-hybridized carbons (Fsp3) is 0.312. The number of aromatic nitrogens is 2. The van der Waals surface area contributed by atoms with Crippen molar-refractivity contribution in [3.8, 4) is 0 Å². The number of carbonyl (C=O) groups excluding carboxylic acids is 1. The molecule has 1 amide bonds. The minimum atomic E-state index is -1.18. The molecule has 1 unspecified atom stereocenters. The number of carbonyl (C=O) groups is 2. The van der Waals surface area contributed by atoms with Crippen LogP contribution in [0, 0.1) is 0 Å². The molecule has 3 rings (SSSR count). The maximum absolute atomic E-state index is 12.3. The predicted octanol–water partition coefficient (Wildman–Crippen LogP) is 1.87. The summed E-state index contributed by atoms with van der Waals surface area (Å²) in [5.41, 5.74) is 1.68. The minimum absolute atomic E-state index is 0.0192. The standard InChI is InChI=1S/C16H17N3O4/c1-19-14(13(8-17-19)16(21)22)15(20)18-12-4-2-10(3-5-12)11-6-7-23-9-11/h2-5,8,11H,6-7,9H2,1H3,(H,18,20)(H,21,22). The van der Waals surface area contributed by atoms with Crippen molar-refractivity contribution in [1.82, 2.24) is 9.78 Å². The lowest BCUT2D eigenvalue weighted by molar-refractivity contribution is 0.0692. The highest BCUT2D eigenvalue weighted by Gasteiger charge is 2.22. The van der Waals surface area contributed by atoms with Crippen molar-refractivity contribution in [3.63, 3.8) is 0 Å². The molecule has 23 heavy (non-hydrogen) atoms. The number of amides is 1. The molecule has 0 saturated carbocycles. The number of aryl methyl sites for hydroxylation is 1. The van der Waals surface area contributed by atoms with E-state index in [-0.39, 0.29) is 11.3 Å². The van der Waals surface area contributed by atoms with Crippen LogP contribution >= 0.6 is 0 Å². The van der Waals surface area contributed by atoms with Crippen LogP contribution < -0.4 is 5.32 Å². The van der Waals surface area contributed by atoms with Crippen molar-refractivity contribution < 1.29 is 19.4 Å². The van der Waals surface area contributed by atoms with Crippen molar-refractivity contribution in [2.75, 3.05) is 18.5 Å². The van der Waals surface area contributed by atoms with Gasteiger partial charge in [-0.25, -0.2) is 4.79 Å². The molecule has 0 aliphatic carbocycles. The number of nitrogens with zero attached hydrogens (tertiary/aromatic N) is 2. The van der Waals surface area contributed by atoms with Gasteiger partial charge in [-0.3, -0.25) is 9.48 Å². The fourth-order valence-electron chi connectivity index (χ4n) is 2.69. The summed E-state index contributed by atoms with van der Waals surface area (Å²) in [4.78, 5) is 23.4. The number of benzene rings is 1. The lowest BCUT2D eigenvalue weighted by atomic mass is 9.98. The molecule has 7 heteroatoms. The quantitative estimate of drug-likeness (QED) is 0.898. The summed E-state index contributed by atoms with van der Waals surface area (Å²) in [5, 5.41) is 15.6. The van der Waals surface area contributed by atoms with Crippen molar-refractivity contribution in [2.45, 2.75) is 12.3 Å². The monoisotopic (exact) mass is 315 g/mol. The second-order valence-electron chi connectivity index (χ2n) is 5.47. The molecule has 7 nitrogen and oxygen atoms in total. The van der Waals surface area contributed by atoms with Gasteiger partial charge in [0.05, 0.1) is 12.8 Å². The van der Waals surface area contributed by atoms with Gasteiger partial charge in [-0.05, 0) is 24.1 Å². The van der Waals surface area contributed by atoms with E-state index in [1.54, 1.807) is 0 Å². The number of hydrogen-bond donors (Lipinski definition) is 2. The molecule has 1 aromatic carbocycles. The van der Waals surface area contributed by atoms with Gasteiger partial charge in [0.15, 0.2) is 0 Å². The van der Waals surface area contributed by atoms with Crippen molar-refractivity contribution in [2.24, 2.45) is 7.05 Å². The van der Waals surface area contributed by atoms with Gasteiger partial charge in [-0.1, -0.05) is 12.1 Å². The molecular formula is C16H17N3O4. The summed E-state index contributed by atoms with van der Waals surface area (Å²) >= 11 is 0. The molecule has 120 valence electrons. The van der Waals surface area contributed by atoms with Gasteiger partial charge < -0.3 is 15.2 Å². The summed E-state index contributed by atoms with van der Waals surface area (Å²) in [6.07, 6.45) is 2.17. The molecule has 0 spiro atoms. The highest BCUT2D eigenvalue weighted by molar-refractivity contribution is 6.09. The minimum Gasteiger partial charge on any atom is -0.478 e. The zero-order valence-corrected chi connectivity index (χ0v) is 12.7. The molecule has 0 bridgehead atoms. The molecule has 1 atom stereocenters. The number of nitrogens with one attached hydrogen (secondary N) is 1. The maximum Gasteiger partial charge on any atom is 0.339 e. The Labute approximate surface area is 132 Å². The van der Waals surface area contributed by atoms with Crippen LogP contribution in [0.3, 0.4) is 0 Å². The van der Waals surface area contributed by atoms with Crippen LogP contribution in [0.25, 0.3) is 0 Å². The Balaban J connectivity index is 1.75. The van der Waals surface area contributed by atoms with E-state index in [4.69, 9.17) is 9.84 Å². The Morgan fingerprint density at radius 1 is 1.35 bits per heavy atom. The highest BCUT2D eigenvalue weighted by Crippen LogP contribution is 2.26. The third-order valence-corrected chi connectivity index (χ3v) is 3.95. The molecule has 2 N–H and O–H groups in total. The first-order valence-electron chi connectivity index (χ1n) is 7.30. The maximum atomic E-state index is 12.3. The van der Waals surface area contributed by atoms with Crippen LogP contribution in [-0.2, 0) is 11.8 Å². The highest BCUT2D eigenvalue weighted by atomic mass is 16.5. The van der Waals surface area contributed by atoms with Crippen LogP contribution in [-0.4, -0.2) is 40.0 Å². The number of carboxylic acid groups (broad SMARTS) is 1. The second-order valence-corrected chi connectivity index (χ2v) is 5.47. The number of rotatable bonds is 4. The van der Waals surface area contributed by atoms with Crippen LogP contribution in [0.1, 0.15) is 38.7 Å². The number of hydrogen-bond acceptors (Lipinski definition) is 4. The molecule has 1 fully saturated rings. The zero-order chi connectivity index (χ0) is 16.4.